The first-order valence-electron chi connectivity index (χ1n) is 6.42. The third-order valence-corrected chi connectivity index (χ3v) is 2.63. The van der Waals surface area contributed by atoms with Crippen molar-refractivity contribution in [1.82, 2.24) is 15.3 Å². The summed E-state index contributed by atoms with van der Waals surface area (Å²) in [4.78, 5) is 30.6. The van der Waals surface area contributed by atoms with Crippen molar-refractivity contribution in [1.29, 1.82) is 0 Å². The van der Waals surface area contributed by atoms with Crippen molar-refractivity contribution in [2.75, 3.05) is 11.9 Å². The second-order valence-corrected chi connectivity index (χ2v) is 5.00. The quantitative estimate of drug-likeness (QED) is 0.719. The van der Waals surface area contributed by atoms with Gasteiger partial charge in [-0.2, -0.15) is 0 Å². The van der Waals surface area contributed by atoms with Crippen LogP contribution >= 0.6 is 0 Å². The monoisotopic (exact) mass is 280 g/mol. The molecule has 0 aliphatic rings. The van der Waals surface area contributed by atoms with E-state index in [2.05, 4.69) is 20.6 Å². The minimum atomic E-state index is -1.07. The van der Waals surface area contributed by atoms with Crippen LogP contribution in [0.1, 0.15) is 36.8 Å². The predicted molar refractivity (Wildman–Crippen MR) is 74.7 cm³/mol. The highest BCUT2D eigenvalue weighted by Crippen LogP contribution is 2.08. The standard InChI is InChI=1S/C13H20N4O3/c1-7(2)5-14-11(18)9(4)17-13-15-6-10(12(19)20)8(3)16-13/h6-7,9H,5H2,1-4H3,(H,14,18)(H,19,20)(H,15,16,17). The smallest absolute Gasteiger partial charge is 0.339 e. The Morgan fingerprint density at radius 1 is 1.35 bits per heavy atom. The zero-order valence-electron chi connectivity index (χ0n) is 12.1. The molecule has 1 heterocycles. The largest absolute Gasteiger partial charge is 0.478 e. The van der Waals surface area contributed by atoms with Crippen molar-refractivity contribution < 1.29 is 14.7 Å². The van der Waals surface area contributed by atoms with E-state index in [1.165, 1.54) is 6.20 Å². The van der Waals surface area contributed by atoms with Crippen LogP contribution < -0.4 is 10.6 Å². The molecule has 1 rings (SSSR count). The Bertz CT molecular complexity index is 502. The molecule has 1 aromatic rings. The van der Waals surface area contributed by atoms with Crippen LogP contribution in [-0.2, 0) is 4.79 Å². The molecule has 0 aliphatic heterocycles. The number of carbonyl (C=O) groups is 2. The number of carbonyl (C=O) groups excluding carboxylic acids is 1. The van der Waals surface area contributed by atoms with Gasteiger partial charge in [0.05, 0.1) is 11.3 Å². The fourth-order valence-electron chi connectivity index (χ4n) is 1.46. The molecule has 1 atom stereocenters. The number of hydrogen-bond donors (Lipinski definition) is 3. The number of amides is 1. The number of nitrogens with zero attached hydrogens (tertiary/aromatic N) is 2. The molecule has 1 unspecified atom stereocenters. The van der Waals surface area contributed by atoms with E-state index in [0.29, 0.717) is 18.2 Å². The molecule has 0 aliphatic carbocycles. The van der Waals surface area contributed by atoms with E-state index in [-0.39, 0.29) is 17.4 Å². The van der Waals surface area contributed by atoms with Crippen LogP contribution in [-0.4, -0.2) is 39.5 Å². The summed E-state index contributed by atoms with van der Waals surface area (Å²) in [7, 11) is 0. The molecule has 3 N–H and O–H groups in total. The third kappa shape index (κ3) is 4.49. The lowest BCUT2D eigenvalue weighted by molar-refractivity contribution is -0.121. The molecule has 0 fully saturated rings. The van der Waals surface area contributed by atoms with E-state index < -0.39 is 12.0 Å². The zero-order valence-corrected chi connectivity index (χ0v) is 12.1. The maximum absolute atomic E-state index is 11.8. The average Bonchev–Trinajstić information content (AvgIpc) is 2.35. The number of anilines is 1. The number of carboxylic acids is 1. The summed E-state index contributed by atoms with van der Waals surface area (Å²) >= 11 is 0. The molecule has 1 amide bonds. The minimum Gasteiger partial charge on any atom is -0.478 e. The summed E-state index contributed by atoms with van der Waals surface area (Å²) in [6.07, 6.45) is 1.23. The molecule has 0 radical (unpaired) electrons. The lowest BCUT2D eigenvalue weighted by Crippen LogP contribution is -2.39. The van der Waals surface area contributed by atoms with E-state index in [1.807, 2.05) is 13.8 Å². The molecule has 0 spiro atoms. The summed E-state index contributed by atoms with van der Waals surface area (Å²) in [5, 5.41) is 14.5. The van der Waals surface area contributed by atoms with Gasteiger partial charge < -0.3 is 15.7 Å². The van der Waals surface area contributed by atoms with Crippen LogP contribution in [0.25, 0.3) is 0 Å². The highest BCUT2D eigenvalue weighted by molar-refractivity contribution is 5.88. The summed E-state index contributed by atoms with van der Waals surface area (Å²) in [5.74, 6) is -0.613. The van der Waals surface area contributed by atoms with Gasteiger partial charge in [0.1, 0.15) is 6.04 Å². The molecule has 0 saturated carbocycles. The van der Waals surface area contributed by atoms with Crippen LogP contribution in [0.3, 0.4) is 0 Å². The Morgan fingerprint density at radius 2 is 2.00 bits per heavy atom. The van der Waals surface area contributed by atoms with Gasteiger partial charge in [0, 0.05) is 12.7 Å². The van der Waals surface area contributed by atoms with Gasteiger partial charge in [0.15, 0.2) is 0 Å². The van der Waals surface area contributed by atoms with Crippen molar-refractivity contribution in [2.45, 2.75) is 33.7 Å². The van der Waals surface area contributed by atoms with Crippen molar-refractivity contribution in [2.24, 2.45) is 5.92 Å². The molecule has 7 nitrogen and oxygen atoms in total. The fraction of sp³-hybridized carbons (Fsp3) is 0.538. The van der Waals surface area contributed by atoms with Gasteiger partial charge in [-0.1, -0.05) is 13.8 Å². The lowest BCUT2D eigenvalue weighted by atomic mass is 10.2. The number of nitrogens with one attached hydrogen (secondary N) is 2. The highest BCUT2D eigenvalue weighted by Gasteiger charge is 2.15. The Balaban J connectivity index is 2.66. The highest BCUT2D eigenvalue weighted by atomic mass is 16.4. The number of carboxylic acid groups (broad SMARTS) is 1. The van der Waals surface area contributed by atoms with Crippen molar-refractivity contribution in [3.63, 3.8) is 0 Å². The number of aryl methyl sites for hydroxylation is 1. The Hall–Kier alpha value is -2.18. The van der Waals surface area contributed by atoms with Crippen LogP contribution in [0.15, 0.2) is 6.20 Å². The Kier molecular flexibility index (Phi) is 5.42. The van der Waals surface area contributed by atoms with E-state index in [0.717, 1.165) is 0 Å². The van der Waals surface area contributed by atoms with Crippen molar-refractivity contribution >= 4 is 17.8 Å². The van der Waals surface area contributed by atoms with Gasteiger partial charge in [0.2, 0.25) is 11.9 Å². The first kappa shape index (κ1) is 15.9. The second kappa shape index (κ2) is 6.83. The van der Waals surface area contributed by atoms with Gasteiger partial charge in [-0.05, 0) is 19.8 Å². The van der Waals surface area contributed by atoms with Gasteiger partial charge in [-0.25, -0.2) is 14.8 Å². The van der Waals surface area contributed by atoms with Crippen LogP contribution in [0.4, 0.5) is 5.95 Å². The summed E-state index contributed by atoms with van der Waals surface area (Å²) in [5.41, 5.74) is 0.400. The van der Waals surface area contributed by atoms with Crippen molar-refractivity contribution in [3.05, 3.63) is 17.5 Å². The van der Waals surface area contributed by atoms with Crippen molar-refractivity contribution in [3.8, 4) is 0 Å². The average molecular weight is 280 g/mol. The number of rotatable bonds is 6. The fourth-order valence-corrected chi connectivity index (χ4v) is 1.46. The molecule has 0 bridgehead atoms. The molecule has 110 valence electrons. The van der Waals surface area contributed by atoms with Gasteiger partial charge in [-0.3, -0.25) is 4.79 Å². The van der Waals surface area contributed by atoms with Gasteiger partial charge in [0.25, 0.3) is 0 Å². The molecule has 20 heavy (non-hydrogen) atoms. The maximum Gasteiger partial charge on any atom is 0.339 e. The number of aromatic carboxylic acids is 1. The van der Waals surface area contributed by atoms with E-state index >= 15 is 0 Å². The minimum absolute atomic E-state index is 0.0486. The van der Waals surface area contributed by atoms with E-state index in [9.17, 15) is 9.59 Å². The molecular formula is C13H20N4O3. The second-order valence-electron chi connectivity index (χ2n) is 5.00. The van der Waals surface area contributed by atoms with Gasteiger partial charge >= 0.3 is 5.97 Å². The number of hydrogen-bond acceptors (Lipinski definition) is 5. The summed E-state index contributed by atoms with van der Waals surface area (Å²) < 4.78 is 0. The molecule has 7 heteroatoms. The van der Waals surface area contributed by atoms with Crippen LogP contribution in [0, 0.1) is 12.8 Å². The molecule has 0 aromatic carbocycles. The molecule has 1 aromatic heterocycles. The topological polar surface area (TPSA) is 104 Å². The third-order valence-electron chi connectivity index (χ3n) is 2.63. The maximum atomic E-state index is 11.8. The van der Waals surface area contributed by atoms with Crippen LogP contribution in [0.5, 0.6) is 0 Å². The Labute approximate surface area is 117 Å². The predicted octanol–water partition coefficient (Wildman–Crippen LogP) is 1.06. The lowest BCUT2D eigenvalue weighted by Gasteiger charge is -2.15. The Morgan fingerprint density at radius 3 is 2.50 bits per heavy atom. The molecular weight excluding hydrogens is 260 g/mol. The summed E-state index contributed by atoms with van der Waals surface area (Å²) in [6, 6.07) is -0.496. The normalized spacial score (nSPS) is 12.1. The first-order chi connectivity index (χ1) is 9.31. The summed E-state index contributed by atoms with van der Waals surface area (Å²) in [6.45, 7) is 7.90. The number of aromatic nitrogens is 2. The zero-order chi connectivity index (χ0) is 15.3. The van der Waals surface area contributed by atoms with Crippen LogP contribution in [0.2, 0.25) is 0 Å². The molecule has 0 saturated heterocycles. The van der Waals surface area contributed by atoms with E-state index in [4.69, 9.17) is 5.11 Å². The van der Waals surface area contributed by atoms with E-state index in [1.54, 1.807) is 13.8 Å². The first-order valence-corrected chi connectivity index (χ1v) is 6.42. The SMILES string of the molecule is Cc1nc(NC(C)C(=O)NCC(C)C)ncc1C(=O)O. The van der Waals surface area contributed by atoms with Gasteiger partial charge in [-0.15, -0.1) is 0 Å².